The van der Waals surface area contributed by atoms with Crippen molar-refractivity contribution in [1.29, 1.82) is 0 Å². The van der Waals surface area contributed by atoms with Gasteiger partial charge in [-0.25, -0.2) is 8.42 Å². The number of sulfone groups is 1. The van der Waals surface area contributed by atoms with E-state index in [0.717, 1.165) is 31.6 Å². The van der Waals surface area contributed by atoms with E-state index in [1.165, 1.54) is 0 Å². The molecule has 0 saturated carbocycles. The van der Waals surface area contributed by atoms with Gasteiger partial charge in [0.15, 0.2) is 9.84 Å². The molecular weight excluding hydrogens is 330 g/mol. The third-order valence-corrected chi connectivity index (χ3v) is 7.90. The first-order chi connectivity index (χ1) is 11.4. The third kappa shape index (κ3) is 2.36. The van der Waals surface area contributed by atoms with E-state index in [0.29, 0.717) is 12.4 Å². The Bertz CT molecular complexity index is 772. The number of amides is 1. The summed E-state index contributed by atoms with van der Waals surface area (Å²) < 4.78 is 26.8. The van der Waals surface area contributed by atoms with Crippen molar-refractivity contribution in [2.75, 3.05) is 32.9 Å². The van der Waals surface area contributed by atoms with Crippen molar-refractivity contribution < 1.29 is 13.2 Å². The van der Waals surface area contributed by atoms with Crippen molar-refractivity contribution >= 4 is 15.7 Å². The minimum Gasteiger partial charge on any atom is -0.334 e. The maximum atomic E-state index is 12.9. The Morgan fingerprint density at radius 2 is 2.00 bits per heavy atom. The number of nitrogens with zero attached hydrogens (tertiary/aromatic N) is 5. The average Bonchev–Trinajstić information content (AvgIpc) is 3.21. The summed E-state index contributed by atoms with van der Waals surface area (Å²) in [5.74, 6) is 1.22. The molecule has 132 valence electrons. The molecule has 3 aliphatic rings. The first-order valence-electron chi connectivity index (χ1n) is 8.48. The van der Waals surface area contributed by atoms with Gasteiger partial charge < -0.3 is 14.4 Å². The molecular formula is C15H23N5O3S. The summed E-state index contributed by atoms with van der Waals surface area (Å²) >= 11 is 0. The van der Waals surface area contributed by atoms with Gasteiger partial charge in [-0.3, -0.25) is 4.79 Å². The number of fused-ring (bicyclic) bond motifs is 2. The molecule has 0 N–H and O–H groups in total. The number of aromatic nitrogens is 3. The second kappa shape index (κ2) is 5.52. The summed E-state index contributed by atoms with van der Waals surface area (Å²) in [6.07, 6.45) is 2.94. The van der Waals surface area contributed by atoms with E-state index in [2.05, 4.69) is 10.2 Å². The molecule has 1 aromatic rings. The molecule has 0 spiro atoms. The number of hydrogen-bond donors (Lipinski definition) is 0. The van der Waals surface area contributed by atoms with Crippen molar-refractivity contribution in [3.63, 3.8) is 0 Å². The largest absolute Gasteiger partial charge is 0.334 e. The van der Waals surface area contributed by atoms with Crippen molar-refractivity contribution in [2.45, 2.75) is 37.1 Å². The van der Waals surface area contributed by atoms with E-state index >= 15 is 0 Å². The number of carbonyl (C=O) groups is 1. The van der Waals surface area contributed by atoms with Gasteiger partial charge in [0, 0.05) is 38.0 Å². The lowest BCUT2D eigenvalue weighted by Crippen LogP contribution is -2.39. The normalized spacial score (nSPS) is 31.3. The predicted octanol–water partition coefficient (Wildman–Crippen LogP) is -0.586. The molecule has 24 heavy (non-hydrogen) atoms. The highest BCUT2D eigenvalue weighted by atomic mass is 32.2. The van der Waals surface area contributed by atoms with Gasteiger partial charge >= 0.3 is 0 Å². The van der Waals surface area contributed by atoms with Crippen molar-refractivity contribution in [3.05, 3.63) is 11.6 Å². The molecule has 4 rings (SSSR count). The molecule has 4 heterocycles. The SMILES string of the molecule is CN(C)[C@@H]1CS(=O)(=O)[C@H]2CN(C(=O)c3nnc4n3CCCC4)C[C@@H]12. The van der Waals surface area contributed by atoms with Crippen LogP contribution in [0.1, 0.15) is 29.3 Å². The molecule has 2 saturated heterocycles. The molecule has 1 amide bonds. The van der Waals surface area contributed by atoms with Crippen LogP contribution in [0.15, 0.2) is 0 Å². The van der Waals surface area contributed by atoms with Crippen LogP contribution in [0.3, 0.4) is 0 Å². The summed E-state index contributed by atoms with van der Waals surface area (Å²) in [4.78, 5) is 16.5. The number of hydrogen-bond acceptors (Lipinski definition) is 6. The molecule has 3 aliphatic heterocycles. The van der Waals surface area contributed by atoms with Gasteiger partial charge in [-0.2, -0.15) is 0 Å². The second-order valence-electron chi connectivity index (χ2n) is 7.32. The Hall–Kier alpha value is -1.48. The Morgan fingerprint density at radius 1 is 1.21 bits per heavy atom. The molecule has 0 aliphatic carbocycles. The predicted molar refractivity (Wildman–Crippen MR) is 87.4 cm³/mol. The van der Waals surface area contributed by atoms with Crippen molar-refractivity contribution in [2.24, 2.45) is 5.92 Å². The summed E-state index contributed by atoms with van der Waals surface area (Å²) in [7, 11) is 0.660. The van der Waals surface area contributed by atoms with Crippen LogP contribution >= 0.6 is 0 Å². The molecule has 1 aromatic heterocycles. The maximum Gasteiger partial charge on any atom is 0.291 e. The molecule has 8 nitrogen and oxygen atoms in total. The summed E-state index contributed by atoms with van der Waals surface area (Å²) in [6.45, 7) is 1.52. The van der Waals surface area contributed by atoms with Crippen LogP contribution in [0.25, 0.3) is 0 Å². The lowest BCUT2D eigenvalue weighted by molar-refractivity contribution is 0.0761. The van der Waals surface area contributed by atoms with Gasteiger partial charge in [-0.1, -0.05) is 0 Å². The Morgan fingerprint density at radius 3 is 2.75 bits per heavy atom. The van der Waals surface area contributed by atoms with Gasteiger partial charge in [-0.15, -0.1) is 10.2 Å². The zero-order chi connectivity index (χ0) is 17.1. The topological polar surface area (TPSA) is 88.4 Å². The molecule has 0 bridgehead atoms. The first-order valence-corrected chi connectivity index (χ1v) is 10.2. The first kappa shape index (κ1) is 16.0. The lowest BCUT2D eigenvalue weighted by Gasteiger charge is -2.25. The molecule has 2 fully saturated rings. The fourth-order valence-corrected chi connectivity index (χ4v) is 6.82. The van der Waals surface area contributed by atoms with E-state index in [-0.39, 0.29) is 30.2 Å². The standard InChI is InChI=1S/C15H23N5O3S/c1-18(2)11-9-24(22,23)12-8-19(7-10(11)12)15(21)14-17-16-13-5-3-4-6-20(13)14/h10-12H,3-9H2,1-2H3/t10-,11+,12-/m0/s1. The van der Waals surface area contributed by atoms with Gasteiger partial charge in [0.05, 0.1) is 11.0 Å². The Balaban J connectivity index is 1.59. The van der Waals surface area contributed by atoms with E-state index in [4.69, 9.17) is 0 Å². The summed E-state index contributed by atoms with van der Waals surface area (Å²) in [5, 5.41) is 7.77. The second-order valence-corrected chi connectivity index (χ2v) is 9.59. The highest BCUT2D eigenvalue weighted by molar-refractivity contribution is 7.92. The van der Waals surface area contributed by atoms with Gasteiger partial charge in [0.1, 0.15) is 5.82 Å². The minimum absolute atomic E-state index is 0.0160. The van der Waals surface area contributed by atoms with Crippen LogP contribution in [0.5, 0.6) is 0 Å². The Labute approximate surface area is 141 Å². The van der Waals surface area contributed by atoms with Gasteiger partial charge in [0.25, 0.3) is 5.91 Å². The molecule has 3 atom stereocenters. The lowest BCUT2D eigenvalue weighted by atomic mass is 10.00. The fourth-order valence-electron chi connectivity index (χ4n) is 4.34. The number of likely N-dealkylation sites (tertiary alicyclic amines) is 1. The maximum absolute atomic E-state index is 12.9. The number of rotatable bonds is 2. The summed E-state index contributed by atoms with van der Waals surface area (Å²) in [5.41, 5.74) is 0. The minimum atomic E-state index is -3.15. The molecule has 0 aromatic carbocycles. The van der Waals surface area contributed by atoms with Gasteiger partial charge in [0.2, 0.25) is 5.82 Å². The van der Waals surface area contributed by atoms with Crippen LogP contribution in [-0.4, -0.2) is 83.1 Å². The van der Waals surface area contributed by atoms with Gasteiger partial charge in [-0.05, 0) is 26.9 Å². The van der Waals surface area contributed by atoms with Crippen molar-refractivity contribution in [3.8, 4) is 0 Å². The molecule has 0 unspecified atom stereocenters. The number of aryl methyl sites for hydroxylation is 1. The van der Waals surface area contributed by atoms with Crippen molar-refractivity contribution in [1.82, 2.24) is 24.6 Å². The van der Waals surface area contributed by atoms with E-state index in [1.54, 1.807) is 4.90 Å². The molecule has 0 radical (unpaired) electrons. The quantitative estimate of drug-likeness (QED) is 0.706. The van der Waals surface area contributed by atoms with Crippen LogP contribution < -0.4 is 0 Å². The Kier molecular flexibility index (Phi) is 3.68. The zero-order valence-electron chi connectivity index (χ0n) is 14.1. The van der Waals surface area contributed by atoms with E-state index in [1.807, 2.05) is 23.6 Å². The van der Waals surface area contributed by atoms with Crippen LogP contribution in [0.4, 0.5) is 0 Å². The number of carbonyl (C=O) groups excluding carboxylic acids is 1. The van der Waals surface area contributed by atoms with E-state index in [9.17, 15) is 13.2 Å². The van der Waals surface area contributed by atoms with E-state index < -0.39 is 15.1 Å². The monoisotopic (exact) mass is 353 g/mol. The smallest absolute Gasteiger partial charge is 0.291 e. The van der Waals surface area contributed by atoms with Crippen LogP contribution in [0.2, 0.25) is 0 Å². The zero-order valence-corrected chi connectivity index (χ0v) is 14.9. The highest BCUT2D eigenvalue weighted by Crippen LogP contribution is 2.36. The summed E-state index contributed by atoms with van der Waals surface area (Å²) in [6, 6.07) is -0.0230. The third-order valence-electron chi connectivity index (χ3n) is 5.67. The fraction of sp³-hybridized carbons (Fsp3) is 0.800. The van der Waals surface area contributed by atoms with Crippen LogP contribution in [0, 0.1) is 5.92 Å². The average molecular weight is 353 g/mol. The highest BCUT2D eigenvalue weighted by Gasteiger charge is 2.53. The van der Waals surface area contributed by atoms with Crippen LogP contribution in [-0.2, 0) is 22.8 Å². The molecule has 9 heteroatoms.